The number of amides is 3. The molecule has 1 aliphatic carbocycles. The van der Waals surface area contributed by atoms with Crippen LogP contribution in [0.4, 0.5) is 16.2 Å². The highest BCUT2D eigenvalue weighted by molar-refractivity contribution is 6.12. The van der Waals surface area contributed by atoms with E-state index < -0.39 is 17.6 Å². The van der Waals surface area contributed by atoms with Gasteiger partial charge < -0.3 is 20.1 Å². The van der Waals surface area contributed by atoms with Crippen LogP contribution in [0.2, 0.25) is 0 Å². The van der Waals surface area contributed by atoms with Crippen LogP contribution in [0.15, 0.2) is 77.8 Å². The molecule has 5 rings (SSSR count). The van der Waals surface area contributed by atoms with Gasteiger partial charge in [0, 0.05) is 22.5 Å². The summed E-state index contributed by atoms with van der Waals surface area (Å²) in [7, 11) is 1.54. The fraction of sp³-hybridized carbons (Fsp3) is 0.243. The monoisotopic (exact) mass is 618 g/mol. The van der Waals surface area contributed by atoms with E-state index in [2.05, 4.69) is 33.1 Å². The Labute approximate surface area is 269 Å². The van der Waals surface area contributed by atoms with E-state index >= 15 is 0 Å². The molecule has 3 N–H and O–H groups in total. The zero-order valence-electron chi connectivity index (χ0n) is 27.1. The standard InChI is InChI=1S/C37H38N4O5/c1-21-12-14-28(20-31(21)39-33(42)25-13-15-30-26(18-25)17-24-10-8-9-11-29(24)30)38-35(41-36(44)46-37(4,5)6)40-34(43)27-16-22(2)23(3)32(19-27)45-7/h8-16,18-20H,17H2,1-7H3,(H,39,42)(H2,38,40,41,43,44). The van der Waals surface area contributed by atoms with Crippen LogP contribution in [0.25, 0.3) is 11.1 Å². The number of fused-ring (bicyclic) bond motifs is 3. The van der Waals surface area contributed by atoms with E-state index in [1.54, 1.807) is 45.0 Å². The smallest absolute Gasteiger partial charge is 0.437 e. The minimum absolute atomic E-state index is 0.143. The number of nitrogens with zero attached hydrogens (tertiary/aromatic N) is 1. The highest BCUT2D eigenvalue weighted by Crippen LogP contribution is 2.37. The largest absolute Gasteiger partial charge is 0.496 e. The Hall–Kier alpha value is -5.44. The van der Waals surface area contributed by atoms with Crippen LogP contribution in [0.1, 0.15) is 69.3 Å². The Morgan fingerprint density at radius 3 is 2.24 bits per heavy atom. The van der Waals surface area contributed by atoms with E-state index in [1.807, 2.05) is 57.2 Å². The third-order valence-electron chi connectivity index (χ3n) is 7.73. The molecular formula is C37H38N4O5. The zero-order valence-corrected chi connectivity index (χ0v) is 27.1. The number of hydrogen-bond donors (Lipinski definition) is 3. The van der Waals surface area contributed by atoms with Gasteiger partial charge in [0.05, 0.1) is 7.11 Å². The quantitative estimate of drug-likeness (QED) is 0.138. The van der Waals surface area contributed by atoms with Crippen LogP contribution in [0.5, 0.6) is 5.75 Å². The molecule has 0 heterocycles. The topological polar surface area (TPSA) is 118 Å². The molecule has 0 spiro atoms. The maximum Gasteiger partial charge on any atom is 0.437 e. The molecule has 0 fully saturated rings. The van der Waals surface area contributed by atoms with E-state index in [0.717, 1.165) is 34.2 Å². The number of carbonyl (C=O) groups is 3. The van der Waals surface area contributed by atoms with Gasteiger partial charge >= 0.3 is 6.09 Å². The predicted molar refractivity (Wildman–Crippen MR) is 181 cm³/mol. The third-order valence-corrected chi connectivity index (χ3v) is 7.73. The lowest BCUT2D eigenvalue weighted by Gasteiger charge is -2.19. The summed E-state index contributed by atoms with van der Waals surface area (Å²) in [6, 6.07) is 22.7. The number of aryl methyl sites for hydroxylation is 2. The van der Waals surface area contributed by atoms with Gasteiger partial charge in [-0.1, -0.05) is 36.4 Å². The molecule has 0 aromatic heterocycles. The summed E-state index contributed by atoms with van der Waals surface area (Å²) in [6.45, 7) is 10.8. The highest BCUT2D eigenvalue weighted by atomic mass is 16.6. The molecule has 0 saturated carbocycles. The Balaban J connectivity index is 1.37. The van der Waals surface area contributed by atoms with Crippen LogP contribution in [-0.4, -0.2) is 36.6 Å². The van der Waals surface area contributed by atoms with E-state index in [1.165, 1.54) is 18.2 Å². The average molecular weight is 619 g/mol. The fourth-order valence-corrected chi connectivity index (χ4v) is 5.26. The number of benzene rings is 4. The Bertz CT molecular complexity index is 1890. The molecule has 4 aromatic rings. The number of rotatable bonds is 5. The minimum Gasteiger partial charge on any atom is -0.496 e. The van der Waals surface area contributed by atoms with Crippen LogP contribution in [0.3, 0.4) is 0 Å². The van der Waals surface area contributed by atoms with Crippen LogP contribution >= 0.6 is 0 Å². The molecule has 9 nitrogen and oxygen atoms in total. The first-order valence-corrected chi connectivity index (χ1v) is 15.0. The lowest BCUT2D eigenvalue weighted by molar-refractivity contribution is 0.0603. The van der Waals surface area contributed by atoms with Crippen molar-refractivity contribution >= 4 is 35.2 Å². The molecule has 4 aromatic carbocycles. The average Bonchev–Trinajstić information content (AvgIpc) is 3.37. The van der Waals surface area contributed by atoms with E-state index in [0.29, 0.717) is 28.3 Å². The second kappa shape index (κ2) is 12.9. The van der Waals surface area contributed by atoms with Gasteiger partial charge in [0.2, 0.25) is 5.96 Å². The number of aliphatic imine (C=N–C) groups is 1. The summed E-state index contributed by atoms with van der Waals surface area (Å²) in [5, 5.41) is 8.70. The number of guanidine groups is 1. The third kappa shape index (κ3) is 7.26. The van der Waals surface area contributed by atoms with E-state index in [9.17, 15) is 14.4 Å². The fourth-order valence-electron chi connectivity index (χ4n) is 5.26. The van der Waals surface area contributed by atoms with E-state index in [4.69, 9.17) is 9.47 Å². The van der Waals surface area contributed by atoms with Crippen molar-refractivity contribution in [2.75, 3.05) is 17.7 Å². The summed E-state index contributed by atoms with van der Waals surface area (Å²) in [5.41, 5.74) is 8.43. The van der Waals surface area contributed by atoms with Gasteiger partial charge in [-0.15, -0.1) is 4.99 Å². The number of hydrogen-bond acceptors (Lipinski definition) is 5. The van der Waals surface area contributed by atoms with E-state index in [-0.39, 0.29) is 11.9 Å². The number of methoxy groups -OCH3 is 1. The molecule has 236 valence electrons. The van der Waals surface area contributed by atoms with Crippen LogP contribution in [0, 0.1) is 20.8 Å². The van der Waals surface area contributed by atoms with Crippen molar-refractivity contribution in [3.05, 3.63) is 112 Å². The SMILES string of the molecule is COc1cc(C(=O)NC(=NC(=O)OC(C)(C)C)Nc2ccc(C)c(NC(=O)c3ccc4c(c3)Cc3ccccc3-4)c2)cc(C)c1C. The molecule has 0 bridgehead atoms. The lowest BCUT2D eigenvalue weighted by atomic mass is 10.0. The molecule has 1 aliphatic rings. The van der Waals surface area contributed by atoms with Gasteiger partial charge in [0.15, 0.2) is 0 Å². The van der Waals surface area contributed by atoms with Crippen molar-refractivity contribution in [3.8, 4) is 16.9 Å². The van der Waals surface area contributed by atoms with Crippen LogP contribution < -0.4 is 20.7 Å². The first-order valence-electron chi connectivity index (χ1n) is 15.0. The number of carbonyl (C=O) groups excluding carboxylic acids is 3. The van der Waals surface area contributed by atoms with Gasteiger partial charge in [-0.05, 0) is 123 Å². The molecule has 0 aliphatic heterocycles. The Morgan fingerprint density at radius 1 is 0.761 bits per heavy atom. The van der Waals surface area contributed by atoms with Gasteiger partial charge in [0.25, 0.3) is 11.8 Å². The number of nitrogens with one attached hydrogen (secondary N) is 3. The molecule has 0 unspecified atom stereocenters. The molecule has 0 radical (unpaired) electrons. The molecule has 3 amide bonds. The zero-order chi connectivity index (χ0) is 33.2. The summed E-state index contributed by atoms with van der Waals surface area (Å²) in [5.74, 6) is -0.333. The first kappa shape index (κ1) is 32.0. The summed E-state index contributed by atoms with van der Waals surface area (Å²) in [6.07, 6.45) is -0.0989. The van der Waals surface area contributed by atoms with Crippen LogP contribution in [-0.2, 0) is 11.2 Å². The maximum atomic E-state index is 13.4. The molecule has 9 heteroatoms. The lowest BCUT2D eigenvalue weighted by Crippen LogP contribution is -2.37. The van der Waals surface area contributed by atoms with Gasteiger partial charge in [0.1, 0.15) is 11.4 Å². The molecule has 0 saturated heterocycles. The first-order chi connectivity index (χ1) is 21.8. The van der Waals surface area contributed by atoms with Crippen molar-refractivity contribution < 1.29 is 23.9 Å². The van der Waals surface area contributed by atoms with Crippen molar-refractivity contribution in [1.82, 2.24) is 5.32 Å². The number of anilines is 2. The van der Waals surface area contributed by atoms with Gasteiger partial charge in [-0.25, -0.2) is 4.79 Å². The van der Waals surface area contributed by atoms with Gasteiger partial charge in [-0.3, -0.25) is 14.9 Å². The number of ether oxygens (including phenoxy) is 2. The van der Waals surface area contributed by atoms with Gasteiger partial charge in [-0.2, -0.15) is 0 Å². The molecular weight excluding hydrogens is 580 g/mol. The maximum absolute atomic E-state index is 13.4. The second-order valence-corrected chi connectivity index (χ2v) is 12.3. The normalized spacial score (nSPS) is 12.1. The Morgan fingerprint density at radius 2 is 1.50 bits per heavy atom. The predicted octanol–water partition coefficient (Wildman–Crippen LogP) is 7.58. The van der Waals surface area contributed by atoms with Crippen molar-refractivity contribution in [2.45, 2.75) is 53.6 Å². The van der Waals surface area contributed by atoms with Crippen molar-refractivity contribution in [2.24, 2.45) is 4.99 Å². The van der Waals surface area contributed by atoms with Crippen molar-refractivity contribution in [3.63, 3.8) is 0 Å². The Kier molecular flexibility index (Phi) is 8.96. The molecule has 46 heavy (non-hydrogen) atoms. The summed E-state index contributed by atoms with van der Waals surface area (Å²) < 4.78 is 10.8. The highest BCUT2D eigenvalue weighted by Gasteiger charge is 2.21. The summed E-state index contributed by atoms with van der Waals surface area (Å²) in [4.78, 5) is 43.4. The molecule has 0 atom stereocenters. The second-order valence-electron chi connectivity index (χ2n) is 12.3. The minimum atomic E-state index is -0.882. The van der Waals surface area contributed by atoms with Crippen molar-refractivity contribution in [1.29, 1.82) is 0 Å². The summed E-state index contributed by atoms with van der Waals surface area (Å²) >= 11 is 0.